The van der Waals surface area contributed by atoms with Gasteiger partial charge in [0.25, 0.3) is 0 Å². The number of benzene rings is 1. The summed E-state index contributed by atoms with van der Waals surface area (Å²) in [5.41, 5.74) is 6.08. The van der Waals surface area contributed by atoms with Crippen LogP contribution in [0.2, 0.25) is 0 Å². The minimum Gasteiger partial charge on any atom is -0.398 e. The highest BCUT2D eigenvalue weighted by atomic mass is 79.9. The molecule has 0 saturated carbocycles. The molecule has 3 N–H and O–H groups in total. The molecule has 0 bridgehead atoms. The van der Waals surface area contributed by atoms with E-state index in [1.165, 1.54) is 32.4 Å². The lowest BCUT2D eigenvalue weighted by Crippen LogP contribution is -2.36. The Balaban J connectivity index is 2.93. The fourth-order valence-corrected chi connectivity index (χ4v) is 3.25. The van der Waals surface area contributed by atoms with Gasteiger partial charge < -0.3 is 15.6 Å². The molecule has 0 heterocycles. The van der Waals surface area contributed by atoms with E-state index < -0.39 is 16.1 Å². The number of likely N-dealkylation sites (N-methyl/N-ethyl adjacent to an activating group) is 1. The molecule has 1 aromatic rings. The third kappa shape index (κ3) is 4.15. The lowest BCUT2D eigenvalue weighted by molar-refractivity contribution is 0.0554. The van der Waals surface area contributed by atoms with Gasteiger partial charge in [-0.3, -0.25) is 0 Å². The number of rotatable bonds is 6. The topological polar surface area (TPSA) is 92.9 Å². The number of sulfonamides is 1. The van der Waals surface area contributed by atoms with E-state index in [0.717, 1.165) is 4.31 Å². The molecule has 0 saturated heterocycles. The Labute approximate surface area is 121 Å². The van der Waals surface area contributed by atoms with Crippen LogP contribution in [0.15, 0.2) is 27.6 Å². The quantitative estimate of drug-likeness (QED) is 0.733. The number of nitrogen functional groups attached to an aromatic ring is 1. The van der Waals surface area contributed by atoms with E-state index in [2.05, 4.69) is 15.9 Å². The fraction of sp³-hybridized carbons (Fsp3) is 0.455. The standard InChI is InChI=1S/C11H17BrN2O4S/c1-14(6-8(15)7-18-2)19(16,17)9-3-4-11(13)10(12)5-9/h3-5,8,15H,6-7,13H2,1-2H3. The van der Waals surface area contributed by atoms with E-state index in [4.69, 9.17) is 10.5 Å². The highest BCUT2D eigenvalue weighted by molar-refractivity contribution is 9.10. The van der Waals surface area contributed by atoms with Gasteiger partial charge >= 0.3 is 0 Å². The zero-order chi connectivity index (χ0) is 14.6. The molecule has 0 aliphatic carbocycles. The van der Waals surface area contributed by atoms with Crippen LogP contribution < -0.4 is 5.73 Å². The van der Waals surface area contributed by atoms with Gasteiger partial charge in [-0.25, -0.2) is 8.42 Å². The van der Waals surface area contributed by atoms with Crippen molar-refractivity contribution < 1.29 is 18.3 Å². The second kappa shape index (κ2) is 6.67. The highest BCUT2D eigenvalue weighted by Crippen LogP contribution is 2.24. The number of halogens is 1. The Bertz CT molecular complexity index is 535. The lowest BCUT2D eigenvalue weighted by atomic mass is 10.3. The van der Waals surface area contributed by atoms with Gasteiger partial charge in [0.15, 0.2) is 0 Å². The average Bonchev–Trinajstić information content (AvgIpc) is 2.32. The smallest absolute Gasteiger partial charge is 0.242 e. The van der Waals surface area contributed by atoms with Gasteiger partial charge in [0.1, 0.15) is 0 Å². The molecule has 0 aliphatic rings. The number of nitrogens with zero attached hydrogens (tertiary/aromatic N) is 1. The fourth-order valence-electron chi connectivity index (χ4n) is 1.49. The number of methoxy groups -OCH3 is 1. The monoisotopic (exact) mass is 352 g/mol. The van der Waals surface area contributed by atoms with Crippen molar-refractivity contribution in [3.8, 4) is 0 Å². The van der Waals surface area contributed by atoms with Crippen molar-refractivity contribution in [1.82, 2.24) is 4.31 Å². The molecule has 8 heteroatoms. The first-order valence-electron chi connectivity index (χ1n) is 5.47. The molecule has 1 unspecified atom stereocenters. The van der Waals surface area contributed by atoms with Gasteiger partial charge in [0, 0.05) is 30.9 Å². The number of hydrogen-bond donors (Lipinski definition) is 2. The second-order valence-corrected chi connectivity index (χ2v) is 6.98. The molecule has 6 nitrogen and oxygen atoms in total. The largest absolute Gasteiger partial charge is 0.398 e. The van der Waals surface area contributed by atoms with Gasteiger partial charge in [-0.1, -0.05) is 0 Å². The van der Waals surface area contributed by atoms with Gasteiger partial charge in [-0.2, -0.15) is 4.31 Å². The van der Waals surface area contributed by atoms with Crippen LogP contribution in [0.5, 0.6) is 0 Å². The predicted molar refractivity (Wildman–Crippen MR) is 76.3 cm³/mol. The maximum absolute atomic E-state index is 12.2. The summed E-state index contributed by atoms with van der Waals surface area (Å²) in [6.07, 6.45) is -0.873. The number of aliphatic hydroxyl groups is 1. The average molecular weight is 353 g/mol. The molecule has 0 spiro atoms. The van der Waals surface area contributed by atoms with E-state index in [1.54, 1.807) is 0 Å². The van der Waals surface area contributed by atoms with Gasteiger partial charge in [-0.05, 0) is 34.1 Å². The van der Waals surface area contributed by atoms with Crippen molar-refractivity contribution in [2.45, 2.75) is 11.0 Å². The SMILES string of the molecule is COCC(O)CN(C)S(=O)(=O)c1ccc(N)c(Br)c1. The van der Waals surface area contributed by atoms with Crippen LogP contribution >= 0.6 is 15.9 Å². The van der Waals surface area contributed by atoms with Crippen LogP contribution in [-0.2, 0) is 14.8 Å². The molecule has 19 heavy (non-hydrogen) atoms. The summed E-state index contributed by atoms with van der Waals surface area (Å²) < 4.78 is 30.8. The van der Waals surface area contributed by atoms with Gasteiger partial charge in [0.2, 0.25) is 10.0 Å². The molecule has 0 amide bonds. The summed E-state index contributed by atoms with van der Waals surface area (Å²) in [5, 5.41) is 9.57. The molecular weight excluding hydrogens is 336 g/mol. The normalized spacial score (nSPS) is 13.7. The van der Waals surface area contributed by atoms with Crippen LogP contribution in [0.3, 0.4) is 0 Å². The molecule has 1 aromatic carbocycles. The van der Waals surface area contributed by atoms with Crippen molar-refractivity contribution in [2.75, 3.05) is 33.0 Å². The summed E-state index contributed by atoms with van der Waals surface area (Å²) in [6, 6.07) is 4.37. The van der Waals surface area contributed by atoms with Crippen molar-refractivity contribution in [2.24, 2.45) is 0 Å². The number of anilines is 1. The Morgan fingerprint density at radius 3 is 2.68 bits per heavy atom. The van der Waals surface area contributed by atoms with E-state index in [9.17, 15) is 13.5 Å². The van der Waals surface area contributed by atoms with E-state index in [1.807, 2.05) is 0 Å². The summed E-state index contributed by atoms with van der Waals surface area (Å²) >= 11 is 3.19. The molecule has 1 atom stereocenters. The first-order chi connectivity index (χ1) is 8.78. The van der Waals surface area contributed by atoms with Gasteiger partial charge in [-0.15, -0.1) is 0 Å². The Hall–Kier alpha value is -0.670. The van der Waals surface area contributed by atoms with Crippen LogP contribution in [0.4, 0.5) is 5.69 Å². The van der Waals surface area contributed by atoms with Crippen LogP contribution in [0.25, 0.3) is 0 Å². The molecule has 0 aliphatic heterocycles. The molecule has 0 fully saturated rings. The minimum absolute atomic E-state index is 0.0435. The van der Waals surface area contributed by atoms with Crippen LogP contribution in [-0.4, -0.2) is 51.2 Å². The predicted octanol–water partition coefficient (Wildman–Crippen LogP) is 0.659. The number of nitrogens with two attached hydrogens (primary N) is 1. The summed E-state index contributed by atoms with van der Waals surface area (Å²) in [4.78, 5) is 0.112. The summed E-state index contributed by atoms with van der Waals surface area (Å²) in [5.74, 6) is 0. The van der Waals surface area contributed by atoms with E-state index >= 15 is 0 Å². The molecular formula is C11H17BrN2O4S. The second-order valence-electron chi connectivity index (χ2n) is 4.08. The first kappa shape index (κ1) is 16.4. The van der Waals surface area contributed by atoms with Crippen LogP contribution in [0.1, 0.15) is 0 Å². The zero-order valence-electron chi connectivity index (χ0n) is 10.7. The Kier molecular flexibility index (Phi) is 5.75. The van der Waals surface area contributed by atoms with Crippen molar-refractivity contribution in [1.29, 1.82) is 0 Å². The number of aliphatic hydroxyl groups excluding tert-OH is 1. The summed E-state index contributed by atoms with van der Waals surface area (Å²) in [7, 11) is -0.819. The molecule has 108 valence electrons. The van der Waals surface area contributed by atoms with E-state index in [-0.39, 0.29) is 18.0 Å². The maximum Gasteiger partial charge on any atom is 0.242 e. The van der Waals surface area contributed by atoms with E-state index in [0.29, 0.717) is 10.2 Å². The molecule has 0 aromatic heterocycles. The Morgan fingerprint density at radius 2 is 2.16 bits per heavy atom. The van der Waals surface area contributed by atoms with Crippen molar-refractivity contribution >= 4 is 31.6 Å². The Morgan fingerprint density at radius 1 is 1.53 bits per heavy atom. The van der Waals surface area contributed by atoms with Crippen LogP contribution in [0, 0.1) is 0 Å². The lowest BCUT2D eigenvalue weighted by Gasteiger charge is -2.20. The highest BCUT2D eigenvalue weighted by Gasteiger charge is 2.23. The van der Waals surface area contributed by atoms with Gasteiger partial charge in [0.05, 0.1) is 17.6 Å². The number of hydrogen-bond acceptors (Lipinski definition) is 5. The number of ether oxygens (including phenoxy) is 1. The minimum atomic E-state index is -3.66. The van der Waals surface area contributed by atoms with Crippen molar-refractivity contribution in [3.05, 3.63) is 22.7 Å². The van der Waals surface area contributed by atoms with Crippen molar-refractivity contribution in [3.63, 3.8) is 0 Å². The summed E-state index contributed by atoms with van der Waals surface area (Å²) in [6.45, 7) is 0.0312. The third-order valence-corrected chi connectivity index (χ3v) is 5.01. The first-order valence-corrected chi connectivity index (χ1v) is 7.70. The molecule has 1 rings (SSSR count). The maximum atomic E-state index is 12.2. The molecule has 0 radical (unpaired) electrons. The third-order valence-electron chi connectivity index (χ3n) is 2.51. The zero-order valence-corrected chi connectivity index (χ0v) is 13.1.